The molecule has 0 aliphatic carbocycles. The summed E-state index contributed by atoms with van der Waals surface area (Å²) in [6.07, 6.45) is 1.21. The Morgan fingerprint density at radius 2 is 2.05 bits per heavy atom. The summed E-state index contributed by atoms with van der Waals surface area (Å²) < 4.78 is 12.9. The van der Waals surface area contributed by atoms with Gasteiger partial charge in [-0.25, -0.2) is 4.39 Å². The minimum absolute atomic E-state index is 0.111. The van der Waals surface area contributed by atoms with Crippen LogP contribution in [0.1, 0.15) is 20.3 Å². The number of amides is 1. The molecule has 1 aromatic rings. The van der Waals surface area contributed by atoms with Gasteiger partial charge in [-0.15, -0.1) is 0 Å². The van der Waals surface area contributed by atoms with Gasteiger partial charge in [0.1, 0.15) is 5.82 Å². The first kappa shape index (κ1) is 15.3. The first-order valence-corrected chi connectivity index (χ1v) is 7.29. The maximum atomic E-state index is 12.9. The van der Waals surface area contributed by atoms with Crippen molar-refractivity contribution in [3.63, 3.8) is 0 Å². The smallest absolute Gasteiger partial charge is 0.238 e. The minimum Gasteiger partial charge on any atom is -0.324 e. The van der Waals surface area contributed by atoms with Gasteiger partial charge in [0.25, 0.3) is 0 Å². The van der Waals surface area contributed by atoms with Crippen LogP contribution in [0.25, 0.3) is 0 Å². The monoisotopic (exact) mass is 298 g/mol. The highest BCUT2D eigenvalue weighted by molar-refractivity contribution is 6.33. The number of hydrogen-bond acceptors (Lipinski definition) is 2. The van der Waals surface area contributed by atoms with Crippen LogP contribution in [0.3, 0.4) is 0 Å². The predicted molar refractivity (Wildman–Crippen MR) is 79.4 cm³/mol. The number of rotatable bonds is 3. The molecule has 3 nitrogen and oxygen atoms in total. The summed E-state index contributed by atoms with van der Waals surface area (Å²) in [5.74, 6) is 0.702. The minimum atomic E-state index is -0.410. The largest absolute Gasteiger partial charge is 0.324 e. The fourth-order valence-corrected chi connectivity index (χ4v) is 3.12. The van der Waals surface area contributed by atoms with Gasteiger partial charge < -0.3 is 5.32 Å². The molecule has 0 bridgehead atoms. The highest BCUT2D eigenvalue weighted by Gasteiger charge is 2.23. The van der Waals surface area contributed by atoms with Crippen molar-refractivity contribution in [1.29, 1.82) is 0 Å². The maximum Gasteiger partial charge on any atom is 0.238 e. The molecule has 1 heterocycles. The number of piperidine rings is 1. The van der Waals surface area contributed by atoms with Crippen molar-refractivity contribution in [3.8, 4) is 0 Å². The number of nitrogens with zero attached hydrogens (tertiary/aromatic N) is 1. The third-order valence-corrected chi connectivity index (χ3v) is 3.83. The SMILES string of the molecule is C[C@H]1C[C@H](C)CN(CC(=O)Nc2ccc(F)cc2Cl)C1. The molecule has 0 aromatic heterocycles. The van der Waals surface area contributed by atoms with Crippen molar-refractivity contribution < 1.29 is 9.18 Å². The third kappa shape index (κ3) is 4.18. The summed E-state index contributed by atoms with van der Waals surface area (Å²) in [6.45, 7) is 6.64. The number of anilines is 1. The lowest BCUT2D eigenvalue weighted by Crippen LogP contribution is -2.42. The van der Waals surface area contributed by atoms with E-state index in [1.807, 2.05) is 0 Å². The molecule has 0 radical (unpaired) electrons. The summed E-state index contributed by atoms with van der Waals surface area (Å²) in [7, 11) is 0. The Hall–Kier alpha value is -1.13. The number of likely N-dealkylation sites (tertiary alicyclic amines) is 1. The Bertz CT molecular complexity index is 485. The van der Waals surface area contributed by atoms with Crippen LogP contribution >= 0.6 is 11.6 Å². The van der Waals surface area contributed by atoms with Crippen LogP contribution in [-0.4, -0.2) is 30.4 Å². The number of carbonyl (C=O) groups is 1. The van der Waals surface area contributed by atoms with Gasteiger partial charge in [0, 0.05) is 13.1 Å². The summed E-state index contributed by atoms with van der Waals surface area (Å²) >= 11 is 5.89. The summed E-state index contributed by atoms with van der Waals surface area (Å²) in [5.41, 5.74) is 0.455. The van der Waals surface area contributed by atoms with E-state index in [1.54, 1.807) is 0 Å². The Morgan fingerprint density at radius 1 is 1.40 bits per heavy atom. The summed E-state index contributed by atoms with van der Waals surface area (Å²) in [6, 6.07) is 3.96. The Labute approximate surface area is 124 Å². The van der Waals surface area contributed by atoms with Gasteiger partial charge in [-0.2, -0.15) is 0 Å². The Balaban J connectivity index is 1.92. The molecule has 5 heteroatoms. The van der Waals surface area contributed by atoms with Crippen molar-refractivity contribution in [2.24, 2.45) is 11.8 Å². The molecule has 0 unspecified atom stereocenters. The average molecular weight is 299 g/mol. The molecule has 2 rings (SSSR count). The van der Waals surface area contributed by atoms with E-state index in [0.29, 0.717) is 24.1 Å². The molecule has 2 atom stereocenters. The normalized spacial score (nSPS) is 23.6. The number of halogens is 2. The van der Waals surface area contributed by atoms with Gasteiger partial charge in [-0.3, -0.25) is 9.69 Å². The van der Waals surface area contributed by atoms with Gasteiger partial charge in [-0.05, 0) is 36.5 Å². The molecule has 1 amide bonds. The second-order valence-corrected chi connectivity index (χ2v) is 6.22. The second kappa shape index (κ2) is 6.55. The van der Waals surface area contributed by atoms with Crippen molar-refractivity contribution >= 4 is 23.2 Å². The fourth-order valence-electron chi connectivity index (χ4n) is 2.90. The van der Waals surface area contributed by atoms with Crippen LogP contribution in [0, 0.1) is 17.7 Å². The van der Waals surface area contributed by atoms with E-state index in [1.165, 1.54) is 24.6 Å². The molecular weight excluding hydrogens is 279 g/mol. The zero-order valence-corrected chi connectivity index (χ0v) is 12.6. The lowest BCUT2D eigenvalue weighted by Gasteiger charge is -2.34. The molecule has 1 saturated heterocycles. The third-order valence-electron chi connectivity index (χ3n) is 3.52. The first-order valence-electron chi connectivity index (χ1n) is 6.91. The van der Waals surface area contributed by atoms with E-state index in [0.717, 1.165) is 13.1 Å². The first-order chi connectivity index (χ1) is 9.44. The Kier molecular flexibility index (Phi) is 5.00. The molecule has 0 saturated carbocycles. The quantitative estimate of drug-likeness (QED) is 0.927. The average Bonchev–Trinajstić information content (AvgIpc) is 2.31. The lowest BCUT2D eigenvalue weighted by atomic mass is 9.92. The topological polar surface area (TPSA) is 32.3 Å². The fraction of sp³-hybridized carbons (Fsp3) is 0.533. The van der Waals surface area contributed by atoms with E-state index in [4.69, 9.17) is 11.6 Å². The molecule has 110 valence electrons. The van der Waals surface area contributed by atoms with E-state index in [-0.39, 0.29) is 10.9 Å². The van der Waals surface area contributed by atoms with Crippen LogP contribution in [0.4, 0.5) is 10.1 Å². The highest BCUT2D eigenvalue weighted by Crippen LogP contribution is 2.23. The van der Waals surface area contributed by atoms with E-state index in [2.05, 4.69) is 24.1 Å². The van der Waals surface area contributed by atoms with Gasteiger partial charge >= 0.3 is 0 Å². The zero-order valence-electron chi connectivity index (χ0n) is 11.8. The second-order valence-electron chi connectivity index (χ2n) is 5.81. The number of nitrogens with one attached hydrogen (secondary N) is 1. The standard InChI is InChI=1S/C15H20ClFN2O/c1-10-5-11(2)8-19(7-10)9-15(20)18-14-4-3-12(17)6-13(14)16/h3-4,6,10-11H,5,7-9H2,1-2H3,(H,18,20)/t10-,11-/m0/s1. The van der Waals surface area contributed by atoms with Crippen molar-refractivity contribution in [2.75, 3.05) is 25.0 Å². The van der Waals surface area contributed by atoms with Crippen LogP contribution < -0.4 is 5.32 Å². The van der Waals surface area contributed by atoms with E-state index in [9.17, 15) is 9.18 Å². The van der Waals surface area contributed by atoms with Crippen LogP contribution in [0.15, 0.2) is 18.2 Å². The van der Waals surface area contributed by atoms with Crippen molar-refractivity contribution in [2.45, 2.75) is 20.3 Å². The van der Waals surface area contributed by atoms with Gasteiger partial charge in [0.2, 0.25) is 5.91 Å². The van der Waals surface area contributed by atoms with Crippen LogP contribution in [-0.2, 0) is 4.79 Å². The summed E-state index contributed by atoms with van der Waals surface area (Å²) in [5, 5.41) is 2.96. The lowest BCUT2D eigenvalue weighted by molar-refractivity contribution is -0.117. The number of carbonyl (C=O) groups excluding carboxylic acids is 1. The predicted octanol–water partition coefficient (Wildman–Crippen LogP) is 3.40. The molecule has 1 aliphatic rings. The maximum absolute atomic E-state index is 12.9. The number of hydrogen-bond donors (Lipinski definition) is 1. The molecule has 0 spiro atoms. The van der Waals surface area contributed by atoms with Gasteiger partial charge in [0.05, 0.1) is 17.3 Å². The molecule has 1 aromatic carbocycles. The number of benzene rings is 1. The van der Waals surface area contributed by atoms with Gasteiger partial charge in [-0.1, -0.05) is 25.4 Å². The van der Waals surface area contributed by atoms with E-state index < -0.39 is 5.82 Å². The van der Waals surface area contributed by atoms with E-state index >= 15 is 0 Å². The van der Waals surface area contributed by atoms with Crippen molar-refractivity contribution in [1.82, 2.24) is 4.90 Å². The molecule has 1 N–H and O–H groups in total. The zero-order chi connectivity index (χ0) is 14.7. The highest BCUT2D eigenvalue weighted by atomic mass is 35.5. The summed E-state index contributed by atoms with van der Waals surface area (Å²) in [4.78, 5) is 14.2. The van der Waals surface area contributed by atoms with Crippen LogP contribution in [0.2, 0.25) is 5.02 Å². The molecule has 20 heavy (non-hydrogen) atoms. The van der Waals surface area contributed by atoms with Crippen molar-refractivity contribution in [3.05, 3.63) is 29.0 Å². The molecular formula is C15H20ClFN2O. The molecule has 1 aliphatic heterocycles. The van der Waals surface area contributed by atoms with Gasteiger partial charge in [0.15, 0.2) is 0 Å². The Morgan fingerprint density at radius 3 is 2.65 bits per heavy atom. The van der Waals surface area contributed by atoms with Crippen LogP contribution in [0.5, 0.6) is 0 Å². The molecule has 1 fully saturated rings.